The van der Waals surface area contributed by atoms with Crippen molar-refractivity contribution in [2.75, 3.05) is 13.1 Å². The molecule has 1 saturated heterocycles. The normalized spacial score (nSPS) is 20.9. The highest BCUT2D eigenvalue weighted by atomic mass is 16.4. The van der Waals surface area contributed by atoms with Gasteiger partial charge in [0.25, 0.3) is 5.91 Å². The number of aliphatic carboxylic acids is 1. The first-order chi connectivity index (χ1) is 13.1. The Morgan fingerprint density at radius 3 is 2.56 bits per heavy atom. The van der Waals surface area contributed by atoms with E-state index in [1.54, 1.807) is 6.20 Å². The maximum Gasteiger partial charge on any atom is 0.307 e. The Balaban J connectivity index is 1.49. The molecule has 0 radical (unpaired) electrons. The van der Waals surface area contributed by atoms with Crippen LogP contribution in [0.1, 0.15) is 29.6 Å². The van der Waals surface area contributed by atoms with Gasteiger partial charge >= 0.3 is 5.97 Å². The molecule has 1 spiro atoms. The highest BCUT2D eigenvalue weighted by Gasteiger charge is 2.59. The molecular formula is C22H20N2O3. The van der Waals surface area contributed by atoms with Crippen LogP contribution >= 0.6 is 0 Å². The number of likely N-dealkylation sites (tertiary alicyclic amines) is 1. The number of fused-ring (bicyclic) bond motifs is 3. The zero-order valence-electron chi connectivity index (χ0n) is 14.9. The second-order valence-electron chi connectivity index (χ2n) is 7.79. The summed E-state index contributed by atoms with van der Waals surface area (Å²) in [6.45, 7) is 1.23. The Labute approximate surface area is 156 Å². The Hall–Kier alpha value is -2.95. The summed E-state index contributed by atoms with van der Waals surface area (Å²) in [5, 5.41) is 12.4. The number of benzene rings is 2. The van der Waals surface area contributed by atoms with E-state index in [0.29, 0.717) is 18.7 Å². The largest absolute Gasteiger partial charge is 0.481 e. The Morgan fingerprint density at radius 2 is 1.81 bits per heavy atom. The third-order valence-electron chi connectivity index (χ3n) is 6.38. The molecule has 5 nitrogen and oxygen atoms in total. The predicted octanol–water partition coefficient (Wildman–Crippen LogP) is 3.71. The lowest BCUT2D eigenvalue weighted by atomic mass is 9.90. The van der Waals surface area contributed by atoms with Gasteiger partial charge in [-0.15, -0.1) is 0 Å². The maximum atomic E-state index is 13.3. The van der Waals surface area contributed by atoms with Crippen molar-refractivity contribution in [2.45, 2.75) is 19.3 Å². The first kappa shape index (κ1) is 16.2. The van der Waals surface area contributed by atoms with Crippen LogP contribution in [0, 0.1) is 11.3 Å². The van der Waals surface area contributed by atoms with E-state index in [0.717, 1.165) is 40.9 Å². The summed E-state index contributed by atoms with van der Waals surface area (Å²) in [5.41, 5.74) is 1.29. The molecule has 136 valence electrons. The van der Waals surface area contributed by atoms with Crippen molar-refractivity contribution in [3.8, 4) is 0 Å². The minimum absolute atomic E-state index is 0.00757. The third kappa shape index (κ3) is 2.49. The van der Waals surface area contributed by atoms with Crippen molar-refractivity contribution in [3.63, 3.8) is 0 Å². The van der Waals surface area contributed by atoms with Crippen molar-refractivity contribution < 1.29 is 14.7 Å². The molecule has 1 unspecified atom stereocenters. The van der Waals surface area contributed by atoms with Gasteiger partial charge in [0, 0.05) is 24.7 Å². The number of piperidine rings is 1. The molecule has 0 bridgehead atoms. The Morgan fingerprint density at radius 1 is 1.07 bits per heavy atom. The average molecular weight is 360 g/mol. The maximum absolute atomic E-state index is 13.3. The minimum atomic E-state index is -0.695. The first-order valence-corrected chi connectivity index (χ1v) is 9.38. The van der Waals surface area contributed by atoms with Crippen molar-refractivity contribution >= 4 is 33.6 Å². The predicted molar refractivity (Wildman–Crippen MR) is 103 cm³/mol. The molecule has 5 heteroatoms. The molecule has 1 aliphatic heterocycles. The molecular weight excluding hydrogens is 340 g/mol. The van der Waals surface area contributed by atoms with Crippen LogP contribution in [0.4, 0.5) is 0 Å². The van der Waals surface area contributed by atoms with Crippen LogP contribution in [0.2, 0.25) is 0 Å². The topological polar surface area (TPSA) is 70.5 Å². The van der Waals surface area contributed by atoms with Gasteiger partial charge in [-0.3, -0.25) is 14.6 Å². The fraction of sp³-hybridized carbons (Fsp3) is 0.318. The molecule has 3 aromatic rings. The van der Waals surface area contributed by atoms with Gasteiger partial charge in [0.2, 0.25) is 0 Å². The van der Waals surface area contributed by atoms with Crippen LogP contribution < -0.4 is 0 Å². The highest BCUT2D eigenvalue weighted by Crippen LogP contribution is 2.59. The van der Waals surface area contributed by atoms with Crippen LogP contribution in [-0.4, -0.2) is 40.0 Å². The van der Waals surface area contributed by atoms with Crippen molar-refractivity contribution in [3.05, 3.63) is 54.2 Å². The standard InChI is InChI=1S/C22H20N2O3/c25-20(24-10-7-22(8-11-24)13-18(22)21(26)27)17-12-14-4-1-2-5-15(14)16-6-3-9-23-19(16)17/h1-6,9,12,18H,7-8,10-11,13H2,(H,26,27). The fourth-order valence-corrected chi connectivity index (χ4v) is 4.67. The van der Waals surface area contributed by atoms with E-state index in [1.165, 1.54) is 0 Å². The van der Waals surface area contributed by atoms with Gasteiger partial charge in [-0.1, -0.05) is 30.3 Å². The lowest BCUT2D eigenvalue weighted by Crippen LogP contribution is -2.40. The van der Waals surface area contributed by atoms with Crippen LogP contribution in [0.3, 0.4) is 0 Å². The summed E-state index contributed by atoms with van der Waals surface area (Å²) in [5.74, 6) is -0.927. The van der Waals surface area contributed by atoms with Crippen molar-refractivity contribution in [1.29, 1.82) is 0 Å². The van der Waals surface area contributed by atoms with Crippen LogP contribution in [-0.2, 0) is 4.79 Å². The van der Waals surface area contributed by atoms with Gasteiger partial charge in [-0.05, 0) is 47.6 Å². The third-order valence-corrected chi connectivity index (χ3v) is 6.38. The number of hydrogen-bond donors (Lipinski definition) is 1. The molecule has 5 rings (SSSR count). The lowest BCUT2D eigenvalue weighted by molar-refractivity contribution is -0.139. The highest BCUT2D eigenvalue weighted by molar-refractivity contribution is 6.15. The summed E-state index contributed by atoms with van der Waals surface area (Å²) in [4.78, 5) is 30.9. The second-order valence-corrected chi connectivity index (χ2v) is 7.79. The number of pyridine rings is 1. The molecule has 1 aliphatic carbocycles. The van der Waals surface area contributed by atoms with E-state index in [-0.39, 0.29) is 17.2 Å². The summed E-state index contributed by atoms with van der Waals surface area (Å²) >= 11 is 0. The lowest BCUT2D eigenvalue weighted by Gasteiger charge is -2.33. The van der Waals surface area contributed by atoms with Crippen molar-refractivity contribution in [1.82, 2.24) is 9.88 Å². The van der Waals surface area contributed by atoms with E-state index in [4.69, 9.17) is 0 Å². The Kier molecular flexibility index (Phi) is 3.47. The second kappa shape index (κ2) is 5.78. The van der Waals surface area contributed by atoms with Gasteiger partial charge in [0.15, 0.2) is 0 Å². The first-order valence-electron chi connectivity index (χ1n) is 9.38. The smallest absolute Gasteiger partial charge is 0.307 e. The monoisotopic (exact) mass is 360 g/mol. The zero-order chi connectivity index (χ0) is 18.6. The molecule has 2 heterocycles. The van der Waals surface area contributed by atoms with Gasteiger partial charge in [-0.2, -0.15) is 0 Å². The average Bonchev–Trinajstić information content (AvgIpc) is 3.41. The van der Waals surface area contributed by atoms with E-state index in [9.17, 15) is 14.7 Å². The van der Waals surface area contributed by atoms with Crippen LogP contribution in [0.25, 0.3) is 21.7 Å². The van der Waals surface area contributed by atoms with Gasteiger partial charge < -0.3 is 10.0 Å². The van der Waals surface area contributed by atoms with Gasteiger partial charge in [0.05, 0.1) is 17.0 Å². The van der Waals surface area contributed by atoms with Gasteiger partial charge in [-0.25, -0.2) is 0 Å². The summed E-state index contributed by atoms with van der Waals surface area (Å²) in [7, 11) is 0. The molecule has 2 aromatic carbocycles. The molecule has 1 saturated carbocycles. The van der Waals surface area contributed by atoms with Crippen LogP contribution in [0.5, 0.6) is 0 Å². The SMILES string of the molecule is O=C(O)C1CC12CCN(C(=O)c1cc3ccccc3c3cccnc13)CC2. The number of carboxylic acid groups (broad SMARTS) is 1. The number of amides is 1. The van der Waals surface area contributed by atoms with E-state index < -0.39 is 5.97 Å². The van der Waals surface area contributed by atoms with Crippen molar-refractivity contribution in [2.24, 2.45) is 11.3 Å². The quantitative estimate of drug-likeness (QED) is 0.707. The number of carbonyl (C=O) groups is 2. The molecule has 1 amide bonds. The summed E-state index contributed by atoms with van der Waals surface area (Å²) in [6, 6.07) is 13.9. The Bertz CT molecular complexity index is 1080. The number of hydrogen-bond acceptors (Lipinski definition) is 3. The number of carbonyl (C=O) groups excluding carboxylic acids is 1. The molecule has 2 aliphatic rings. The minimum Gasteiger partial charge on any atom is -0.481 e. The molecule has 1 aromatic heterocycles. The number of nitrogens with zero attached hydrogens (tertiary/aromatic N) is 2. The number of rotatable bonds is 2. The summed E-state index contributed by atoms with van der Waals surface area (Å²) < 4.78 is 0. The number of carboxylic acids is 1. The van der Waals surface area contributed by atoms with Gasteiger partial charge in [0.1, 0.15) is 0 Å². The molecule has 27 heavy (non-hydrogen) atoms. The molecule has 2 fully saturated rings. The molecule has 1 N–H and O–H groups in total. The van der Waals surface area contributed by atoms with E-state index in [2.05, 4.69) is 11.1 Å². The number of aromatic nitrogens is 1. The molecule has 1 atom stereocenters. The zero-order valence-corrected chi connectivity index (χ0v) is 14.9. The fourth-order valence-electron chi connectivity index (χ4n) is 4.67. The van der Waals surface area contributed by atoms with Crippen LogP contribution in [0.15, 0.2) is 48.7 Å². The summed E-state index contributed by atoms with van der Waals surface area (Å²) in [6.07, 6.45) is 4.02. The van der Waals surface area contributed by atoms with E-state index >= 15 is 0 Å². The van der Waals surface area contributed by atoms with E-state index in [1.807, 2.05) is 41.3 Å².